The molecule has 8 nitrogen and oxygen atoms in total. The van der Waals surface area contributed by atoms with Gasteiger partial charge in [0.2, 0.25) is 0 Å². The van der Waals surface area contributed by atoms with E-state index in [2.05, 4.69) is 20.9 Å². The number of rotatable bonds is 2. The Balaban J connectivity index is 2.06. The van der Waals surface area contributed by atoms with Crippen molar-refractivity contribution in [1.29, 1.82) is 0 Å². The summed E-state index contributed by atoms with van der Waals surface area (Å²) in [5.74, 6) is 0. The van der Waals surface area contributed by atoms with Crippen molar-refractivity contribution in [2.24, 2.45) is 0 Å². The number of benzene rings is 1. The van der Waals surface area contributed by atoms with Crippen molar-refractivity contribution in [2.75, 3.05) is 63.0 Å². The molecular weight excluding hydrogens is 284 g/mol. The van der Waals surface area contributed by atoms with Crippen molar-refractivity contribution in [3.05, 3.63) is 28.3 Å². The van der Waals surface area contributed by atoms with E-state index in [1.807, 2.05) is 0 Å². The van der Waals surface area contributed by atoms with Crippen LogP contribution in [0.2, 0.25) is 0 Å². The molecule has 122 valence electrons. The molecule has 0 saturated carbocycles. The maximum atomic E-state index is 10.8. The second-order valence-electron chi connectivity index (χ2n) is 5.24. The topological polar surface area (TPSA) is 108 Å². The van der Waals surface area contributed by atoms with Gasteiger partial charge in [0.1, 0.15) is 0 Å². The SMILES string of the molecule is Nc1cc([N+](=O)[O-])ccc1N1CCNCCNCCNCC1. The Hall–Kier alpha value is -1.90. The first kappa shape index (κ1) is 16.5. The van der Waals surface area contributed by atoms with Crippen LogP contribution in [0.25, 0.3) is 0 Å². The largest absolute Gasteiger partial charge is 0.397 e. The number of non-ortho nitro benzene ring substituents is 1. The monoisotopic (exact) mass is 308 g/mol. The molecule has 0 bridgehead atoms. The average Bonchev–Trinajstić information content (AvgIpc) is 2.48. The van der Waals surface area contributed by atoms with Crippen molar-refractivity contribution in [3.8, 4) is 0 Å². The van der Waals surface area contributed by atoms with Crippen LogP contribution in [-0.2, 0) is 0 Å². The van der Waals surface area contributed by atoms with Crippen molar-refractivity contribution in [1.82, 2.24) is 16.0 Å². The number of nitrogens with one attached hydrogen (secondary N) is 3. The van der Waals surface area contributed by atoms with Gasteiger partial charge in [0.15, 0.2) is 0 Å². The van der Waals surface area contributed by atoms with E-state index in [1.165, 1.54) is 12.1 Å². The molecule has 1 fully saturated rings. The Labute approximate surface area is 130 Å². The van der Waals surface area contributed by atoms with Gasteiger partial charge in [0.05, 0.1) is 16.3 Å². The number of anilines is 2. The highest BCUT2D eigenvalue weighted by atomic mass is 16.6. The quantitative estimate of drug-likeness (QED) is 0.339. The summed E-state index contributed by atoms with van der Waals surface area (Å²) in [4.78, 5) is 12.5. The van der Waals surface area contributed by atoms with Gasteiger partial charge in [-0.25, -0.2) is 0 Å². The van der Waals surface area contributed by atoms with Crippen LogP contribution < -0.4 is 26.6 Å². The lowest BCUT2D eigenvalue weighted by Crippen LogP contribution is -2.42. The van der Waals surface area contributed by atoms with Gasteiger partial charge >= 0.3 is 0 Å². The second-order valence-corrected chi connectivity index (χ2v) is 5.24. The molecule has 1 aliphatic heterocycles. The lowest BCUT2D eigenvalue weighted by Gasteiger charge is -2.27. The van der Waals surface area contributed by atoms with Crippen LogP contribution in [0.4, 0.5) is 17.1 Å². The zero-order valence-corrected chi connectivity index (χ0v) is 12.7. The van der Waals surface area contributed by atoms with Crippen LogP contribution in [0.15, 0.2) is 18.2 Å². The summed E-state index contributed by atoms with van der Waals surface area (Å²) >= 11 is 0. The molecule has 0 atom stereocenters. The van der Waals surface area contributed by atoms with Gasteiger partial charge < -0.3 is 26.6 Å². The van der Waals surface area contributed by atoms with E-state index in [1.54, 1.807) is 6.07 Å². The predicted molar refractivity (Wildman–Crippen MR) is 88.3 cm³/mol. The van der Waals surface area contributed by atoms with E-state index >= 15 is 0 Å². The molecular formula is C14H24N6O2. The van der Waals surface area contributed by atoms with E-state index in [9.17, 15) is 10.1 Å². The first-order valence-electron chi connectivity index (χ1n) is 7.59. The van der Waals surface area contributed by atoms with Gasteiger partial charge in [-0.2, -0.15) is 0 Å². The van der Waals surface area contributed by atoms with Gasteiger partial charge in [0, 0.05) is 64.5 Å². The summed E-state index contributed by atoms with van der Waals surface area (Å²) in [6.07, 6.45) is 0. The molecule has 5 N–H and O–H groups in total. The minimum atomic E-state index is -0.424. The smallest absolute Gasteiger partial charge is 0.271 e. The summed E-state index contributed by atoms with van der Waals surface area (Å²) in [5, 5.41) is 20.9. The van der Waals surface area contributed by atoms with E-state index in [-0.39, 0.29) is 5.69 Å². The number of nitrogens with two attached hydrogens (primary N) is 1. The Morgan fingerprint density at radius 3 is 2.05 bits per heavy atom. The fraction of sp³-hybridized carbons (Fsp3) is 0.571. The van der Waals surface area contributed by atoms with Crippen molar-refractivity contribution >= 4 is 17.1 Å². The van der Waals surface area contributed by atoms with E-state index in [0.717, 1.165) is 58.0 Å². The normalized spacial score (nSPS) is 18.3. The molecule has 0 aliphatic carbocycles. The zero-order valence-electron chi connectivity index (χ0n) is 12.7. The summed E-state index contributed by atoms with van der Waals surface area (Å²) in [7, 11) is 0. The first-order chi connectivity index (χ1) is 10.7. The molecule has 1 aromatic rings. The maximum Gasteiger partial charge on any atom is 0.271 e. The van der Waals surface area contributed by atoms with E-state index < -0.39 is 4.92 Å². The summed E-state index contributed by atoms with van der Waals surface area (Å²) in [6.45, 7) is 7.04. The van der Waals surface area contributed by atoms with Crippen LogP contribution in [0.1, 0.15) is 0 Å². The highest BCUT2D eigenvalue weighted by Crippen LogP contribution is 2.27. The van der Waals surface area contributed by atoms with Crippen molar-refractivity contribution in [2.45, 2.75) is 0 Å². The van der Waals surface area contributed by atoms with Crippen LogP contribution >= 0.6 is 0 Å². The van der Waals surface area contributed by atoms with Crippen LogP contribution in [0.5, 0.6) is 0 Å². The first-order valence-corrected chi connectivity index (χ1v) is 7.59. The Kier molecular flexibility index (Phi) is 6.38. The molecule has 2 rings (SSSR count). The fourth-order valence-electron chi connectivity index (χ4n) is 2.45. The predicted octanol–water partition coefficient (Wildman–Crippen LogP) is -0.234. The van der Waals surface area contributed by atoms with Gasteiger partial charge in [-0.05, 0) is 6.07 Å². The Morgan fingerprint density at radius 2 is 1.55 bits per heavy atom. The molecule has 0 spiro atoms. The van der Waals surface area contributed by atoms with Crippen molar-refractivity contribution < 1.29 is 4.92 Å². The minimum absolute atomic E-state index is 0.0259. The Bertz CT molecular complexity index is 484. The molecule has 0 unspecified atom stereocenters. The number of nitro groups is 1. The molecule has 1 saturated heterocycles. The number of nitro benzene ring substituents is 1. The lowest BCUT2D eigenvalue weighted by molar-refractivity contribution is -0.384. The lowest BCUT2D eigenvalue weighted by atomic mass is 10.2. The molecule has 0 radical (unpaired) electrons. The number of hydrogen-bond donors (Lipinski definition) is 4. The molecule has 1 aromatic carbocycles. The molecule has 22 heavy (non-hydrogen) atoms. The average molecular weight is 308 g/mol. The standard InChI is InChI=1S/C14H24N6O2/c15-13-11-12(20(21)22)1-2-14(13)19-9-7-17-5-3-16-4-6-18-8-10-19/h1-2,11,16-18H,3-10,15H2. The highest BCUT2D eigenvalue weighted by molar-refractivity contribution is 5.70. The van der Waals surface area contributed by atoms with Crippen molar-refractivity contribution in [3.63, 3.8) is 0 Å². The molecule has 8 heteroatoms. The van der Waals surface area contributed by atoms with Gasteiger partial charge in [-0.15, -0.1) is 0 Å². The third kappa shape index (κ3) is 4.83. The summed E-state index contributed by atoms with van der Waals surface area (Å²) in [5.41, 5.74) is 7.33. The second kappa shape index (κ2) is 8.52. The third-order valence-corrected chi connectivity index (χ3v) is 3.64. The molecule has 0 aromatic heterocycles. The Morgan fingerprint density at radius 1 is 1.00 bits per heavy atom. The van der Waals surface area contributed by atoms with Crippen LogP contribution in [-0.4, -0.2) is 57.3 Å². The van der Waals surface area contributed by atoms with Gasteiger partial charge in [0.25, 0.3) is 5.69 Å². The third-order valence-electron chi connectivity index (χ3n) is 3.64. The van der Waals surface area contributed by atoms with Crippen LogP contribution in [0, 0.1) is 10.1 Å². The summed E-state index contributed by atoms with van der Waals surface area (Å²) < 4.78 is 0. The van der Waals surface area contributed by atoms with Crippen LogP contribution in [0.3, 0.4) is 0 Å². The number of nitrogen functional groups attached to an aromatic ring is 1. The molecule has 0 amide bonds. The molecule has 1 heterocycles. The minimum Gasteiger partial charge on any atom is -0.397 e. The number of hydrogen-bond acceptors (Lipinski definition) is 7. The highest BCUT2D eigenvalue weighted by Gasteiger charge is 2.14. The maximum absolute atomic E-state index is 10.8. The number of nitrogens with zero attached hydrogens (tertiary/aromatic N) is 2. The van der Waals surface area contributed by atoms with E-state index in [4.69, 9.17) is 5.73 Å². The fourth-order valence-corrected chi connectivity index (χ4v) is 2.45. The molecule has 1 aliphatic rings. The van der Waals surface area contributed by atoms with Gasteiger partial charge in [-0.3, -0.25) is 10.1 Å². The van der Waals surface area contributed by atoms with Gasteiger partial charge in [-0.1, -0.05) is 0 Å². The summed E-state index contributed by atoms with van der Waals surface area (Å²) in [6, 6.07) is 4.67. The zero-order chi connectivity index (χ0) is 15.8. The van der Waals surface area contributed by atoms with E-state index in [0.29, 0.717) is 5.69 Å².